The Morgan fingerprint density at radius 1 is 1.31 bits per heavy atom. The second kappa shape index (κ2) is 3.78. The molecule has 2 unspecified atom stereocenters. The van der Waals surface area contributed by atoms with Crippen LogP contribution in [0.3, 0.4) is 0 Å². The number of carboxylic acid groups (broad SMARTS) is 1. The number of carboxylic acids is 1. The largest absolute Gasteiger partial charge is 0.481 e. The number of hydrogen-bond donors (Lipinski definition) is 1. The molecule has 2 heteroatoms. The topological polar surface area (TPSA) is 37.3 Å². The maximum atomic E-state index is 11.0. The van der Waals surface area contributed by atoms with E-state index in [0.717, 1.165) is 5.56 Å². The number of aliphatic carboxylic acids is 1. The van der Waals surface area contributed by atoms with E-state index in [4.69, 9.17) is 5.11 Å². The molecule has 0 aliphatic heterocycles. The fraction of sp³-hybridized carbons (Fsp3) is 0.357. The second-order valence-corrected chi connectivity index (χ2v) is 4.93. The lowest BCUT2D eigenvalue weighted by Gasteiger charge is -1.96. The Hall–Kier alpha value is -1.57. The predicted octanol–water partition coefficient (Wildman–Crippen LogP) is 3.06. The van der Waals surface area contributed by atoms with Crippen LogP contribution in [0.15, 0.2) is 36.4 Å². The molecule has 84 valence electrons. The van der Waals surface area contributed by atoms with E-state index >= 15 is 0 Å². The van der Waals surface area contributed by atoms with Crippen molar-refractivity contribution in [2.24, 2.45) is 17.3 Å². The van der Waals surface area contributed by atoms with Gasteiger partial charge < -0.3 is 5.11 Å². The van der Waals surface area contributed by atoms with Crippen LogP contribution in [0.4, 0.5) is 0 Å². The highest BCUT2D eigenvalue weighted by Crippen LogP contribution is 2.59. The molecule has 2 nitrogen and oxygen atoms in total. The lowest BCUT2D eigenvalue weighted by Crippen LogP contribution is -2.02. The molecule has 1 saturated carbocycles. The van der Waals surface area contributed by atoms with Crippen LogP contribution in [-0.4, -0.2) is 11.1 Å². The minimum atomic E-state index is -0.687. The summed E-state index contributed by atoms with van der Waals surface area (Å²) in [5.41, 5.74) is 1.02. The van der Waals surface area contributed by atoms with Crippen molar-refractivity contribution in [1.82, 2.24) is 0 Å². The maximum absolute atomic E-state index is 11.0. The summed E-state index contributed by atoms with van der Waals surface area (Å²) in [5.74, 6) is -0.759. The van der Waals surface area contributed by atoms with Crippen molar-refractivity contribution in [1.29, 1.82) is 0 Å². The van der Waals surface area contributed by atoms with Gasteiger partial charge in [0.2, 0.25) is 0 Å². The summed E-state index contributed by atoms with van der Waals surface area (Å²) >= 11 is 0. The number of carbonyl (C=O) groups is 1. The molecule has 1 aliphatic rings. The average Bonchev–Trinajstić information content (AvgIpc) is 2.79. The molecule has 0 saturated heterocycles. The first-order valence-electron chi connectivity index (χ1n) is 5.49. The second-order valence-electron chi connectivity index (χ2n) is 4.93. The number of allylic oxidation sites excluding steroid dienone is 1. The van der Waals surface area contributed by atoms with Crippen LogP contribution in [0.5, 0.6) is 0 Å². The van der Waals surface area contributed by atoms with Gasteiger partial charge in [-0.1, -0.05) is 56.3 Å². The number of hydrogen-bond acceptors (Lipinski definition) is 1. The number of rotatable bonds is 3. The molecule has 16 heavy (non-hydrogen) atoms. The molecule has 0 radical (unpaired) electrons. The Bertz CT molecular complexity index is 418. The van der Waals surface area contributed by atoms with Crippen molar-refractivity contribution in [2.45, 2.75) is 13.8 Å². The van der Waals surface area contributed by atoms with Gasteiger partial charge in [-0.25, -0.2) is 0 Å². The highest BCUT2D eigenvalue weighted by atomic mass is 16.4. The molecule has 0 bridgehead atoms. The third kappa shape index (κ3) is 1.87. The van der Waals surface area contributed by atoms with Crippen molar-refractivity contribution in [2.75, 3.05) is 0 Å². The van der Waals surface area contributed by atoms with Crippen LogP contribution >= 0.6 is 0 Å². The van der Waals surface area contributed by atoms with E-state index in [9.17, 15) is 4.79 Å². The van der Waals surface area contributed by atoms with Crippen molar-refractivity contribution in [3.05, 3.63) is 42.0 Å². The highest BCUT2D eigenvalue weighted by Gasteiger charge is 2.60. The molecule has 1 aromatic rings. The normalized spacial score (nSPS) is 26.9. The molecule has 0 aromatic heterocycles. The maximum Gasteiger partial charge on any atom is 0.307 e. The Morgan fingerprint density at radius 2 is 1.94 bits per heavy atom. The van der Waals surface area contributed by atoms with Crippen LogP contribution in [0, 0.1) is 17.3 Å². The van der Waals surface area contributed by atoms with Gasteiger partial charge in [0.15, 0.2) is 0 Å². The van der Waals surface area contributed by atoms with Crippen molar-refractivity contribution in [3.8, 4) is 0 Å². The summed E-state index contributed by atoms with van der Waals surface area (Å²) in [6.07, 6.45) is 4.03. The molecule has 0 spiro atoms. The first-order valence-corrected chi connectivity index (χ1v) is 5.49. The van der Waals surface area contributed by atoms with E-state index in [-0.39, 0.29) is 17.3 Å². The Kier molecular flexibility index (Phi) is 2.58. The molecule has 1 N–H and O–H groups in total. The number of benzene rings is 1. The lowest BCUT2D eigenvalue weighted by molar-refractivity contribution is -0.139. The van der Waals surface area contributed by atoms with Crippen LogP contribution in [0.1, 0.15) is 19.4 Å². The fourth-order valence-electron chi connectivity index (χ4n) is 2.29. The zero-order chi connectivity index (χ0) is 11.8. The van der Waals surface area contributed by atoms with Crippen LogP contribution in [0.2, 0.25) is 0 Å². The van der Waals surface area contributed by atoms with E-state index in [2.05, 4.69) is 0 Å². The van der Waals surface area contributed by atoms with Crippen LogP contribution in [0.25, 0.3) is 6.08 Å². The van der Waals surface area contributed by atoms with Crippen LogP contribution in [-0.2, 0) is 4.79 Å². The van der Waals surface area contributed by atoms with Gasteiger partial charge in [-0.15, -0.1) is 0 Å². The van der Waals surface area contributed by atoms with Gasteiger partial charge in [0.1, 0.15) is 0 Å². The third-order valence-electron chi connectivity index (χ3n) is 3.47. The summed E-state index contributed by atoms with van der Waals surface area (Å²) in [7, 11) is 0. The van der Waals surface area contributed by atoms with E-state index in [1.54, 1.807) is 0 Å². The van der Waals surface area contributed by atoms with Gasteiger partial charge in [-0.05, 0) is 16.9 Å². The van der Waals surface area contributed by atoms with Crippen molar-refractivity contribution < 1.29 is 9.90 Å². The summed E-state index contributed by atoms with van der Waals surface area (Å²) in [6, 6.07) is 9.96. The zero-order valence-corrected chi connectivity index (χ0v) is 9.55. The van der Waals surface area contributed by atoms with Gasteiger partial charge >= 0.3 is 5.97 Å². The first-order chi connectivity index (χ1) is 7.53. The first kappa shape index (κ1) is 10.9. The molecule has 0 amide bonds. The van der Waals surface area contributed by atoms with Crippen molar-refractivity contribution in [3.63, 3.8) is 0 Å². The monoisotopic (exact) mass is 216 g/mol. The molecule has 2 atom stereocenters. The van der Waals surface area contributed by atoms with Gasteiger partial charge in [0, 0.05) is 0 Å². The SMILES string of the molecule is CC1(C)C(C=Cc2ccccc2)C1C(=O)O. The molecular weight excluding hydrogens is 200 g/mol. The summed E-state index contributed by atoms with van der Waals surface area (Å²) in [6.45, 7) is 4.01. The van der Waals surface area contributed by atoms with E-state index < -0.39 is 5.97 Å². The minimum Gasteiger partial charge on any atom is -0.481 e. The molecule has 1 fully saturated rings. The zero-order valence-electron chi connectivity index (χ0n) is 9.55. The Morgan fingerprint density at radius 3 is 2.44 bits per heavy atom. The average molecular weight is 216 g/mol. The summed E-state index contributed by atoms with van der Waals surface area (Å²) < 4.78 is 0. The molecule has 2 rings (SSSR count). The van der Waals surface area contributed by atoms with E-state index in [1.165, 1.54) is 0 Å². The Labute approximate surface area is 95.6 Å². The minimum absolute atomic E-state index is 0.100. The fourth-order valence-corrected chi connectivity index (χ4v) is 2.29. The predicted molar refractivity (Wildman–Crippen MR) is 63.9 cm³/mol. The highest BCUT2D eigenvalue weighted by molar-refractivity contribution is 5.76. The third-order valence-corrected chi connectivity index (χ3v) is 3.47. The standard InChI is InChI=1S/C14H16O2/c1-14(2)11(12(14)13(15)16)9-8-10-6-4-3-5-7-10/h3-9,11-12H,1-2H3,(H,15,16). The summed E-state index contributed by atoms with van der Waals surface area (Å²) in [4.78, 5) is 11.0. The molecule has 1 aromatic carbocycles. The van der Waals surface area contributed by atoms with Gasteiger partial charge in [-0.3, -0.25) is 4.79 Å². The molecule has 1 aliphatic carbocycles. The van der Waals surface area contributed by atoms with Crippen molar-refractivity contribution >= 4 is 12.0 Å². The van der Waals surface area contributed by atoms with Gasteiger partial charge in [0.25, 0.3) is 0 Å². The quantitative estimate of drug-likeness (QED) is 0.843. The van der Waals surface area contributed by atoms with E-state index in [0.29, 0.717) is 0 Å². The smallest absolute Gasteiger partial charge is 0.307 e. The van der Waals surface area contributed by atoms with E-state index in [1.807, 2.05) is 56.3 Å². The van der Waals surface area contributed by atoms with Gasteiger partial charge in [0.05, 0.1) is 5.92 Å². The molecule has 0 heterocycles. The summed E-state index contributed by atoms with van der Waals surface area (Å²) in [5, 5.41) is 9.02. The van der Waals surface area contributed by atoms with Gasteiger partial charge in [-0.2, -0.15) is 0 Å². The molecular formula is C14H16O2. The lowest BCUT2D eigenvalue weighted by atomic mass is 10.1. The Balaban J connectivity index is 2.08. The van der Waals surface area contributed by atoms with Crippen LogP contribution < -0.4 is 0 Å².